The molecule has 1 N–H and O–H groups in total. The summed E-state index contributed by atoms with van der Waals surface area (Å²) in [5.74, 6) is 0.761. The molecule has 0 bridgehead atoms. The van der Waals surface area contributed by atoms with E-state index in [0.717, 1.165) is 35.0 Å². The summed E-state index contributed by atoms with van der Waals surface area (Å²) < 4.78 is 10.5. The minimum atomic E-state index is -0.153. The van der Waals surface area contributed by atoms with Crippen LogP contribution < -0.4 is 0 Å². The minimum Gasteiger partial charge on any atom is -0.466 e. The maximum Gasteiger partial charge on any atom is 0.306 e. The minimum absolute atomic E-state index is 0.153. The van der Waals surface area contributed by atoms with Crippen LogP contribution in [0.4, 0.5) is 0 Å². The first-order valence-corrected chi connectivity index (χ1v) is 10.1. The van der Waals surface area contributed by atoms with Gasteiger partial charge in [0, 0.05) is 28.1 Å². The summed E-state index contributed by atoms with van der Waals surface area (Å²) in [6.45, 7) is 2.23. The Bertz CT molecular complexity index is 1230. The van der Waals surface area contributed by atoms with Gasteiger partial charge in [-0.1, -0.05) is 16.8 Å². The fourth-order valence-corrected chi connectivity index (χ4v) is 4.08. The number of fused-ring (bicyclic) bond motifs is 3. The van der Waals surface area contributed by atoms with E-state index in [0.29, 0.717) is 29.7 Å². The highest BCUT2D eigenvalue weighted by Gasteiger charge is 2.29. The van der Waals surface area contributed by atoms with E-state index in [9.17, 15) is 4.79 Å². The van der Waals surface area contributed by atoms with Crippen LogP contribution >= 0.6 is 11.6 Å². The SMILES string of the molecule is CCOC(=O)CC1CCc2c1[nH]c1ccc(-c3noc(-c4cnc(Cl)cn4)n3)cc21. The zero-order valence-electron chi connectivity index (χ0n) is 16.2. The van der Waals surface area contributed by atoms with Gasteiger partial charge in [0.1, 0.15) is 10.8 Å². The molecule has 30 heavy (non-hydrogen) atoms. The second kappa shape index (κ2) is 7.53. The van der Waals surface area contributed by atoms with Crippen LogP contribution in [0.1, 0.15) is 36.9 Å². The molecule has 0 saturated carbocycles. The summed E-state index contributed by atoms with van der Waals surface area (Å²) in [5.41, 5.74) is 4.71. The van der Waals surface area contributed by atoms with Crippen LogP contribution in [-0.2, 0) is 16.0 Å². The Morgan fingerprint density at radius 1 is 1.33 bits per heavy atom. The lowest BCUT2D eigenvalue weighted by molar-refractivity contribution is -0.143. The molecule has 0 spiro atoms. The fourth-order valence-electron chi connectivity index (χ4n) is 3.98. The highest BCUT2D eigenvalue weighted by molar-refractivity contribution is 6.29. The van der Waals surface area contributed by atoms with E-state index in [4.69, 9.17) is 20.9 Å². The monoisotopic (exact) mass is 423 g/mol. The molecule has 0 amide bonds. The largest absolute Gasteiger partial charge is 0.466 e. The third-order valence-electron chi connectivity index (χ3n) is 5.33. The molecular formula is C21H18ClN5O3. The number of nitrogens with zero attached hydrogens (tertiary/aromatic N) is 4. The topological polar surface area (TPSA) is 107 Å². The van der Waals surface area contributed by atoms with Gasteiger partial charge in [0.15, 0.2) is 0 Å². The van der Waals surface area contributed by atoms with Crippen molar-refractivity contribution in [2.24, 2.45) is 0 Å². The van der Waals surface area contributed by atoms with Crippen LogP contribution in [0.2, 0.25) is 5.15 Å². The van der Waals surface area contributed by atoms with Crippen molar-refractivity contribution in [3.63, 3.8) is 0 Å². The normalized spacial score (nSPS) is 15.5. The van der Waals surface area contributed by atoms with Crippen LogP contribution in [0, 0.1) is 0 Å². The number of aromatic amines is 1. The molecule has 5 rings (SSSR count). The molecule has 0 aliphatic heterocycles. The number of halogens is 1. The number of H-pyrrole nitrogens is 1. The van der Waals surface area contributed by atoms with E-state index in [1.807, 2.05) is 19.1 Å². The van der Waals surface area contributed by atoms with Crippen molar-refractivity contribution in [3.05, 3.63) is 47.0 Å². The molecule has 1 atom stereocenters. The van der Waals surface area contributed by atoms with Gasteiger partial charge in [0.2, 0.25) is 5.82 Å². The number of esters is 1. The van der Waals surface area contributed by atoms with Gasteiger partial charge in [0.25, 0.3) is 5.89 Å². The lowest BCUT2D eigenvalue weighted by atomic mass is 10.0. The second-order valence-electron chi connectivity index (χ2n) is 7.17. The Balaban J connectivity index is 1.45. The quantitative estimate of drug-likeness (QED) is 0.476. The molecule has 152 valence electrons. The van der Waals surface area contributed by atoms with Crippen molar-refractivity contribution in [2.75, 3.05) is 6.61 Å². The van der Waals surface area contributed by atoms with Gasteiger partial charge in [-0.05, 0) is 43.5 Å². The van der Waals surface area contributed by atoms with Gasteiger partial charge in [0.05, 0.1) is 25.4 Å². The van der Waals surface area contributed by atoms with Crippen molar-refractivity contribution in [1.82, 2.24) is 25.1 Å². The maximum absolute atomic E-state index is 11.9. The molecule has 1 aliphatic rings. The van der Waals surface area contributed by atoms with E-state index < -0.39 is 0 Å². The molecule has 3 aromatic heterocycles. The number of carbonyl (C=O) groups is 1. The summed E-state index contributed by atoms with van der Waals surface area (Å²) in [5, 5.41) is 5.50. The van der Waals surface area contributed by atoms with Crippen LogP contribution in [0.15, 0.2) is 35.1 Å². The van der Waals surface area contributed by atoms with Gasteiger partial charge in [-0.15, -0.1) is 0 Å². The molecule has 0 saturated heterocycles. The van der Waals surface area contributed by atoms with Crippen LogP contribution in [0.5, 0.6) is 0 Å². The Labute approximate surface area is 176 Å². The number of hydrogen-bond donors (Lipinski definition) is 1. The molecule has 1 unspecified atom stereocenters. The highest BCUT2D eigenvalue weighted by atomic mass is 35.5. The van der Waals surface area contributed by atoms with Gasteiger partial charge in [-0.2, -0.15) is 4.98 Å². The number of benzene rings is 1. The predicted octanol–water partition coefficient (Wildman–Crippen LogP) is 4.31. The van der Waals surface area contributed by atoms with Crippen LogP contribution in [0.25, 0.3) is 33.9 Å². The smallest absolute Gasteiger partial charge is 0.306 e. The van der Waals surface area contributed by atoms with Crippen molar-refractivity contribution in [2.45, 2.75) is 32.1 Å². The second-order valence-corrected chi connectivity index (χ2v) is 7.56. The van der Waals surface area contributed by atoms with Gasteiger partial charge in [-0.25, -0.2) is 9.97 Å². The van der Waals surface area contributed by atoms with E-state index in [1.165, 1.54) is 18.0 Å². The number of carbonyl (C=O) groups excluding carboxylic acids is 1. The Kier molecular flexibility index (Phi) is 4.71. The summed E-state index contributed by atoms with van der Waals surface area (Å²) in [4.78, 5) is 28.0. The Hall–Kier alpha value is -3.26. The number of hydrogen-bond acceptors (Lipinski definition) is 7. The predicted molar refractivity (Wildman–Crippen MR) is 110 cm³/mol. The average Bonchev–Trinajstić information content (AvgIpc) is 3.45. The lowest BCUT2D eigenvalue weighted by Gasteiger charge is -2.08. The number of ether oxygens (including phenoxy) is 1. The zero-order chi connectivity index (χ0) is 20.7. The van der Waals surface area contributed by atoms with Crippen molar-refractivity contribution >= 4 is 28.5 Å². The van der Waals surface area contributed by atoms with Crippen molar-refractivity contribution in [3.8, 4) is 23.0 Å². The third kappa shape index (κ3) is 3.33. The summed E-state index contributed by atoms with van der Waals surface area (Å²) in [6.07, 6.45) is 5.17. The zero-order valence-corrected chi connectivity index (χ0v) is 16.9. The van der Waals surface area contributed by atoms with Gasteiger partial charge in [-0.3, -0.25) is 4.79 Å². The number of nitrogens with one attached hydrogen (secondary N) is 1. The number of rotatable bonds is 5. The van der Waals surface area contributed by atoms with Crippen LogP contribution in [-0.4, -0.2) is 37.7 Å². The molecule has 3 heterocycles. The van der Waals surface area contributed by atoms with Crippen LogP contribution in [0.3, 0.4) is 0 Å². The summed E-state index contributed by atoms with van der Waals surface area (Å²) >= 11 is 5.78. The number of aromatic nitrogens is 5. The Morgan fingerprint density at radius 2 is 2.23 bits per heavy atom. The fraction of sp³-hybridized carbons (Fsp3) is 0.286. The first kappa shape index (κ1) is 18.7. The molecule has 1 aliphatic carbocycles. The molecule has 4 aromatic rings. The first-order chi connectivity index (χ1) is 14.6. The molecular weight excluding hydrogens is 406 g/mol. The van der Waals surface area contributed by atoms with E-state index in [1.54, 1.807) is 0 Å². The molecule has 9 heteroatoms. The van der Waals surface area contributed by atoms with E-state index in [2.05, 4.69) is 31.2 Å². The summed E-state index contributed by atoms with van der Waals surface area (Å²) in [7, 11) is 0. The first-order valence-electron chi connectivity index (χ1n) is 9.74. The van der Waals surface area contributed by atoms with Gasteiger partial charge < -0.3 is 14.2 Å². The van der Waals surface area contributed by atoms with Crippen molar-refractivity contribution < 1.29 is 14.1 Å². The Morgan fingerprint density at radius 3 is 3.03 bits per heavy atom. The molecule has 8 nitrogen and oxygen atoms in total. The number of aryl methyl sites for hydroxylation is 1. The molecule has 0 radical (unpaired) electrons. The van der Waals surface area contributed by atoms with Crippen molar-refractivity contribution in [1.29, 1.82) is 0 Å². The third-order valence-corrected chi connectivity index (χ3v) is 5.53. The maximum atomic E-state index is 11.9. The van der Waals surface area contributed by atoms with E-state index in [-0.39, 0.29) is 17.8 Å². The summed E-state index contributed by atoms with van der Waals surface area (Å²) in [6, 6.07) is 6.00. The molecule has 1 aromatic carbocycles. The highest BCUT2D eigenvalue weighted by Crippen LogP contribution is 2.40. The molecule has 0 fully saturated rings. The standard InChI is InChI=1S/C21H18ClN5O3/c1-2-29-18(28)8-11-3-5-13-14-7-12(4-6-15(14)25-19(11)13)20-26-21(30-27-20)16-9-24-17(22)10-23-16/h4,6-7,9-11,25H,2-3,5,8H2,1H3. The van der Waals surface area contributed by atoms with Gasteiger partial charge >= 0.3 is 5.97 Å². The lowest BCUT2D eigenvalue weighted by Crippen LogP contribution is -2.08. The average molecular weight is 424 g/mol. The van der Waals surface area contributed by atoms with E-state index >= 15 is 0 Å².